The lowest BCUT2D eigenvalue weighted by Gasteiger charge is -2.08. The summed E-state index contributed by atoms with van der Waals surface area (Å²) in [4.78, 5) is 16.3. The smallest absolute Gasteiger partial charge is 0.257 e. The molecule has 0 saturated heterocycles. The Morgan fingerprint density at radius 1 is 1.15 bits per heavy atom. The van der Waals surface area contributed by atoms with Gasteiger partial charge in [-0.25, -0.2) is 4.98 Å². The fraction of sp³-hybridized carbons (Fsp3) is 0.200. The molecule has 134 valence electrons. The second-order valence-corrected chi connectivity index (χ2v) is 7.13. The molecule has 3 rings (SSSR count). The summed E-state index contributed by atoms with van der Waals surface area (Å²) in [6.07, 6.45) is 0.755. The number of nitrogens with one attached hydrogen (secondary N) is 1. The zero-order chi connectivity index (χ0) is 18.4. The largest absolute Gasteiger partial charge is 0.484 e. The van der Waals surface area contributed by atoms with Crippen molar-refractivity contribution >= 4 is 28.8 Å². The van der Waals surface area contributed by atoms with Crippen LogP contribution >= 0.6 is 22.9 Å². The van der Waals surface area contributed by atoms with Crippen LogP contribution in [0.15, 0.2) is 53.9 Å². The highest BCUT2D eigenvalue weighted by Gasteiger charge is 2.05. The number of nitrogens with zero attached hydrogens (tertiary/aromatic N) is 1. The van der Waals surface area contributed by atoms with E-state index in [0.717, 1.165) is 28.2 Å². The Bertz CT molecular complexity index is 860. The van der Waals surface area contributed by atoms with Crippen LogP contribution in [0.2, 0.25) is 5.02 Å². The molecule has 0 saturated carbocycles. The summed E-state index contributed by atoms with van der Waals surface area (Å²) in [5.41, 5.74) is 3.19. The number of hydrogen-bond donors (Lipinski definition) is 1. The van der Waals surface area contributed by atoms with Crippen LogP contribution in [0.5, 0.6) is 5.75 Å². The number of rotatable bonds is 7. The number of aromatic nitrogens is 1. The molecule has 0 aliphatic heterocycles. The molecular weight excluding hydrogens is 368 g/mol. The quantitative estimate of drug-likeness (QED) is 0.650. The predicted molar refractivity (Wildman–Crippen MR) is 106 cm³/mol. The van der Waals surface area contributed by atoms with Crippen LogP contribution in [0, 0.1) is 6.92 Å². The van der Waals surface area contributed by atoms with E-state index in [1.165, 1.54) is 0 Å². The molecule has 0 aliphatic rings. The highest BCUT2D eigenvalue weighted by molar-refractivity contribution is 7.13. The number of carbonyl (C=O) groups excluding carboxylic acids is 1. The molecule has 4 nitrogen and oxygen atoms in total. The van der Waals surface area contributed by atoms with Crippen LogP contribution in [0.3, 0.4) is 0 Å². The van der Waals surface area contributed by atoms with Crippen LogP contribution in [0.1, 0.15) is 11.3 Å². The average molecular weight is 387 g/mol. The van der Waals surface area contributed by atoms with Crippen molar-refractivity contribution < 1.29 is 9.53 Å². The highest BCUT2D eigenvalue weighted by atomic mass is 35.5. The fourth-order valence-corrected chi connectivity index (χ4v) is 3.31. The van der Waals surface area contributed by atoms with Crippen LogP contribution in [0.25, 0.3) is 10.6 Å². The normalized spacial score (nSPS) is 10.5. The van der Waals surface area contributed by atoms with Crippen molar-refractivity contribution in [1.29, 1.82) is 0 Å². The minimum Gasteiger partial charge on any atom is -0.484 e. The van der Waals surface area contributed by atoms with Crippen LogP contribution in [0.4, 0.5) is 0 Å². The summed E-state index contributed by atoms with van der Waals surface area (Å²) < 4.78 is 5.54. The van der Waals surface area contributed by atoms with Gasteiger partial charge in [-0.05, 0) is 55.3 Å². The minimum atomic E-state index is -0.140. The van der Waals surface area contributed by atoms with Crippen LogP contribution in [-0.4, -0.2) is 24.0 Å². The highest BCUT2D eigenvalue weighted by Crippen LogP contribution is 2.25. The standard InChI is InChI=1S/C20H19ClN2O2S/c1-14-13-26-20(23-14)16-4-8-18(9-5-16)25-12-19(24)22-11-10-15-2-6-17(21)7-3-15/h2-9,13H,10-12H2,1H3,(H,22,24). The Hall–Kier alpha value is -2.37. The van der Waals surface area contributed by atoms with Crippen LogP contribution in [-0.2, 0) is 11.2 Å². The first-order valence-electron chi connectivity index (χ1n) is 8.27. The zero-order valence-electron chi connectivity index (χ0n) is 14.4. The summed E-state index contributed by atoms with van der Waals surface area (Å²) in [7, 11) is 0. The van der Waals surface area contributed by atoms with E-state index in [9.17, 15) is 4.79 Å². The van der Waals surface area contributed by atoms with Crippen molar-refractivity contribution in [3.05, 3.63) is 70.2 Å². The first kappa shape index (κ1) is 18.4. The molecule has 0 aliphatic carbocycles. The van der Waals surface area contributed by atoms with Gasteiger partial charge in [-0.1, -0.05) is 23.7 Å². The van der Waals surface area contributed by atoms with Gasteiger partial charge < -0.3 is 10.1 Å². The predicted octanol–water partition coefficient (Wildman–Crippen LogP) is 4.51. The third-order valence-corrected chi connectivity index (χ3v) is 5.00. The molecule has 0 atom stereocenters. The summed E-state index contributed by atoms with van der Waals surface area (Å²) in [6, 6.07) is 15.2. The Labute approximate surface area is 161 Å². The number of aryl methyl sites for hydroxylation is 1. The molecule has 2 aromatic carbocycles. The third-order valence-electron chi connectivity index (χ3n) is 3.74. The lowest BCUT2D eigenvalue weighted by molar-refractivity contribution is -0.123. The monoisotopic (exact) mass is 386 g/mol. The first-order chi connectivity index (χ1) is 12.6. The van der Waals surface area contributed by atoms with E-state index in [0.29, 0.717) is 17.3 Å². The Kier molecular flexibility index (Phi) is 6.26. The average Bonchev–Trinajstić information content (AvgIpc) is 3.08. The first-order valence-corrected chi connectivity index (χ1v) is 9.52. The second kappa shape index (κ2) is 8.83. The van der Waals surface area contributed by atoms with E-state index in [-0.39, 0.29) is 12.5 Å². The van der Waals surface area contributed by atoms with Gasteiger partial charge in [-0.2, -0.15) is 0 Å². The minimum absolute atomic E-state index is 0.00365. The molecule has 0 radical (unpaired) electrons. The molecule has 0 fully saturated rings. The number of carbonyl (C=O) groups is 1. The number of halogens is 1. The Morgan fingerprint density at radius 2 is 1.88 bits per heavy atom. The van der Waals surface area contributed by atoms with Crippen molar-refractivity contribution in [2.24, 2.45) is 0 Å². The van der Waals surface area contributed by atoms with Crippen molar-refractivity contribution in [2.75, 3.05) is 13.2 Å². The lowest BCUT2D eigenvalue weighted by atomic mass is 10.1. The number of amides is 1. The molecular formula is C20H19ClN2O2S. The van der Waals surface area contributed by atoms with Gasteiger partial charge >= 0.3 is 0 Å². The molecule has 26 heavy (non-hydrogen) atoms. The maximum atomic E-state index is 11.9. The number of benzene rings is 2. The molecule has 1 amide bonds. The Morgan fingerprint density at radius 3 is 2.54 bits per heavy atom. The van der Waals surface area contributed by atoms with Gasteiger partial charge in [0.15, 0.2) is 6.61 Å². The molecule has 1 aromatic heterocycles. The third kappa shape index (κ3) is 5.31. The van der Waals surface area contributed by atoms with Gasteiger partial charge in [-0.3, -0.25) is 4.79 Å². The molecule has 1 N–H and O–H groups in total. The summed E-state index contributed by atoms with van der Waals surface area (Å²) in [6.45, 7) is 2.53. The fourth-order valence-electron chi connectivity index (χ4n) is 2.38. The number of ether oxygens (including phenoxy) is 1. The summed E-state index contributed by atoms with van der Waals surface area (Å²) in [5.74, 6) is 0.522. The topological polar surface area (TPSA) is 51.2 Å². The van der Waals surface area contributed by atoms with E-state index < -0.39 is 0 Å². The van der Waals surface area contributed by atoms with Crippen molar-refractivity contribution in [2.45, 2.75) is 13.3 Å². The lowest BCUT2D eigenvalue weighted by Crippen LogP contribution is -2.30. The molecule has 0 unspecified atom stereocenters. The van der Waals surface area contributed by atoms with E-state index in [1.54, 1.807) is 11.3 Å². The van der Waals surface area contributed by atoms with E-state index >= 15 is 0 Å². The van der Waals surface area contributed by atoms with Gasteiger partial charge in [0.05, 0.1) is 0 Å². The Balaban J connectivity index is 1.42. The van der Waals surface area contributed by atoms with E-state index in [2.05, 4.69) is 10.3 Å². The van der Waals surface area contributed by atoms with Crippen molar-refractivity contribution in [3.63, 3.8) is 0 Å². The van der Waals surface area contributed by atoms with E-state index in [1.807, 2.05) is 60.8 Å². The maximum Gasteiger partial charge on any atom is 0.257 e. The molecule has 3 aromatic rings. The van der Waals surface area contributed by atoms with Gasteiger partial charge in [-0.15, -0.1) is 11.3 Å². The zero-order valence-corrected chi connectivity index (χ0v) is 15.9. The van der Waals surface area contributed by atoms with Gasteiger partial charge in [0.2, 0.25) is 0 Å². The molecule has 0 bridgehead atoms. The summed E-state index contributed by atoms with van der Waals surface area (Å²) in [5, 5.41) is 6.56. The van der Waals surface area contributed by atoms with Crippen molar-refractivity contribution in [3.8, 4) is 16.3 Å². The van der Waals surface area contributed by atoms with Gasteiger partial charge in [0.25, 0.3) is 5.91 Å². The second-order valence-electron chi connectivity index (χ2n) is 5.83. The number of thiazole rings is 1. The van der Waals surface area contributed by atoms with E-state index in [4.69, 9.17) is 16.3 Å². The van der Waals surface area contributed by atoms with Gasteiger partial charge in [0, 0.05) is 28.2 Å². The summed E-state index contributed by atoms with van der Waals surface area (Å²) >= 11 is 7.46. The number of hydrogen-bond acceptors (Lipinski definition) is 4. The van der Waals surface area contributed by atoms with Gasteiger partial charge in [0.1, 0.15) is 10.8 Å². The van der Waals surface area contributed by atoms with Crippen LogP contribution < -0.4 is 10.1 Å². The molecule has 6 heteroatoms. The molecule has 0 spiro atoms. The molecule has 1 heterocycles. The van der Waals surface area contributed by atoms with Crippen molar-refractivity contribution in [1.82, 2.24) is 10.3 Å². The maximum absolute atomic E-state index is 11.9. The SMILES string of the molecule is Cc1csc(-c2ccc(OCC(=O)NCCc3ccc(Cl)cc3)cc2)n1.